The quantitative estimate of drug-likeness (QED) is 0.749. The molecule has 2 aliphatic rings. The summed E-state index contributed by atoms with van der Waals surface area (Å²) in [6.45, 7) is -1.96. The highest BCUT2D eigenvalue weighted by atomic mass is 19.4. The lowest BCUT2D eigenvalue weighted by Crippen LogP contribution is -2.53. The summed E-state index contributed by atoms with van der Waals surface area (Å²) < 4.78 is 76.6. The molecule has 9 heteroatoms. The summed E-state index contributed by atoms with van der Waals surface area (Å²) in [5.41, 5.74) is 0.434. The first-order chi connectivity index (χ1) is 8.43. The molecule has 1 aliphatic carbocycles. The molecule has 110 valence electrons. The van der Waals surface area contributed by atoms with Crippen LogP contribution in [0.3, 0.4) is 0 Å². The molecule has 0 bridgehead atoms. The van der Waals surface area contributed by atoms with E-state index in [4.69, 9.17) is 5.73 Å². The molecule has 1 saturated heterocycles. The number of hydrogen-bond acceptors (Lipinski definition) is 2. The molecule has 1 amide bonds. The molecule has 19 heavy (non-hydrogen) atoms. The normalized spacial score (nSPS) is 25.5. The Hall–Kier alpha value is -0.990. The van der Waals surface area contributed by atoms with Gasteiger partial charge in [-0.05, 0) is 19.3 Å². The standard InChI is InChI=1S/C10H12F6N2O/c11-9(12,13)8(10(14,15)16)3-4-18(5-8)6(19)7(17)1-2-7/h1-5,17H2. The van der Waals surface area contributed by atoms with Crippen LogP contribution in [0.1, 0.15) is 19.3 Å². The Balaban J connectivity index is 2.24. The molecule has 1 heterocycles. The van der Waals surface area contributed by atoms with Gasteiger partial charge in [0, 0.05) is 13.1 Å². The highest BCUT2D eigenvalue weighted by Crippen LogP contribution is 2.56. The number of amides is 1. The molecule has 0 unspecified atom stereocenters. The SMILES string of the molecule is NC1(C(=O)N2CCC(C(F)(F)F)(C(F)(F)F)C2)CC1. The molecule has 2 fully saturated rings. The van der Waals surface area contributed by atoms with Gasteiger partial charge in [0.15, 0.2) is 5.41 Å². The Bertz CT molecular complexity index is 384. The van der Waals surface area contributed by atoms with E-state index in [-0.39, 0.29) is 0 Å². The molecule has 0 radical (unpaired) electrons. The lowest BCUT2D eigenvalue weighted by Gasteiger charge is -2.33. The highest BCUT2D eigenvalue weighted by molar-refractivity contribution is 5.89. The summed E-state index contributed by atoms with van der Waals surface area (Å²) >= 11 is 0. The van der Waals surface area contributed by atoms with Crippen molar-refractivity contribution in [2.24, 2.45) is 11.1 Å². The molecular formula is C10H12F6N2O. The number of nitrogens with zero attached hydrogens (tertiary/aromatic N) is 1. The summed E-state index contributed by atoms with van der Waals surface area (Å²) in [7, 11) is 0. The van der Waals surface area contributed by atoms with Crippen LogP contribution in [0.15, 0.2) is 0 Å². The molecule has 2 rings (SSSR count). The van der Waals surface area contributed by atoms with E-state index < -0.39 is 48.7 Å². The molecule has 0 atom stereocenters. The first-order valence-corrected chi connectivity index (χ1v) is 5.65. The molecule has 2 N–H and O–H groups in total. The smallest absolute Gasteiger partial charge is 0.340 e. The average molecular weight is 290 g/mol. The maximum Gasteiger partial charge on any atom is 0.404 e. The second-order valence-electron chi connectivity index (χ2n) is 5.21. The highest BCUT2D eigenvalue weighted by Gasteiger charge is 2.73. The van der Waals surface area contributed by atoms with Gasteiger partial charge in [-0.3, -0.25) is 4.79 Å². The van der Waals surface area contributed by atoms with Crippen LogP contribution < -0.4 is 5.73 Å². The summed E-state index contributed by atoms with van der Waals surface area (Å²) in [5, 5.41) is 0. The van der Waals surface area contributed by atoms with E-state index in [2.05, 4.69) is 0 Å². The van der Waals surface area contributed by atoms with Crippen LogP contribution in [0.2, 0.25) is 0 Å². The topological polar surface area (TPSA) is 46.3 Å². The fourth-order valence-corrected chi connectivity index (χ4v) is 2.27. The van der Waals surface area contributed by atoms with Gasteiger partial charge in [-0.25, -0.2) is 0 Å². The van der Waals surface area contributed by atoms with Gasteiger partial charge >= 0.3 is 12.4 Å². The zero-order valence-corrected chi connectivity index (χ0v) is 9.74. The van der Waals surface area contributed by atoms with Crippen molar-refractivity contribution in [2.75, 3.05) is 13.1 Å². The molecule has 0 aromatic heterocycles. The van der Waals surface area contributed by atoms with Crippen molar-refractivity contribution in [3.63, 3.8) is 0 Å². The summed E-state index contributed by atoms with van der Waals surface area (Å²) in [6, 6.07) is 0. The third kappa shape index (κ3) is 2.07. The molecular weight excluding hydrogens is 278 g/mol. The van der Waals surface area contributed by atoms with Gasteiger partial charge in [0.2, 0.25) is 5.91 Å². The second-order valence-corrected chi connectivity index (χ2v) is 5.21. The van der Waals surface area contributed by atoms with E-state index >= 15 is 0 Å². The van der Waals surface area contributed by atoms with E-state index in [0.29, 0.717) is 17.7 Å². The van der Waals surface area contributed by atoms with Gasteiger partial charge in [-0.15, -0.1) is 0 Å². The summed E-state index contributed by atoms with van der Waals surface area (Å²) in [4.78, 5) is 12.3. The molecule has 0 aromatic rings. The van der Waals surface area contributed by atoms with E-state index in [1.54, 1.807) is 0 Å². The number of rotatable bonds is 1. The van der Waals surface area contributed by atoms with Crippen LogP contribution in [0.25, 0.3) is 0 Å². The first-order valence-electron chi connectivity index (χ1n) is 5.65. The van der Waals surface area contributed by atoms with Gasteiger partial charge in [0.1, 0.15) is 0 Å². The van der Waals surface area contributed by atoms with E-state index in [1.165, 1.54) is 0 Å². The maximum absolute atomic E-state index is 12.8. The van der Waals surface area contributed by atoms with Gasteiger partial charge in [0.25, 0.3) is 0 Å². The molecule has 1 aliphatic heterocycles. The zero-order valence-electron chi connectivity index (χ0n) is 9.74. The van der Waals surface area contributed by atoms with E-state index in [1.807, 2.05) is 0 Å². The zero-order chi connectivity index (χ0) is 14.7. The lowest BCUT2D eigenvalue weighted by atomic mass is 9.85. The van der Waals surface area contributed by atoms with Crippen molar-refractivity contribution in [1.29, 1.82) is 0 Å². The van der Waals surface area contributed by atoms with Gasteiger partial charge in [-0.2, -0.15) is 26.3 Å². The summed E-state index contributed by atoms with van der Waals surface area (Å²) in [6.07, 6.45) is -11.4. The number of alkyl halides is 6. The van der Waals surface area contributed by atoms with Crippen molar-refractivity contribution >= 4 is 5.91 Å². The van der Waals surface area contributed by atoms with Crippen LogP contribution in [0, 0.1) is 5.41 Å². The second kappa shape index (κ2) is 3.77. The monoisotopic (exact) mass is 290 g/mol. The molecule has 0 spiro atoms. The number of likely N-dealkylation sites (tertiary alicyclic amines) is 1. The summed E-state index contributed by atoms with van der Waals surface area (Å²) in [5.74, 6) is -0.817. The Kier molecular flexibility index (Phi) is 2.86. The number of hydrogen-bond donors (Lipinski definition) is 1. The van der Waals surface area contributed by atoms with Crippen LogP contribution in [0.4, 0.5) is 26.3 Å². The van der Waals surface area contributed by atoms with Crippen molar-refractivity contribution in [3.8, 4) is 0 Å². The minimum Gasteiger partial charge on any atom is -0.340 e. The molecule has 1 saturated carbocycles. The number of nitrogens with two attached hydrogens (primary N) is 1. The predicted octanol–water partition coefficient (Wildman–Crippen LogP) is 1.82. The third-order valence-electron chi connectivity index (χ3n) is 3.86. The minimum absolute atomic E-state index is 0.299. The minimum atomic E-state index is -5.44. The van der Waals surface area contributed by atoms with Crippen molar-refractivity contribution < 1.29 is 31.1 Å². The Morgan fingerprint density at radius 3 is 1.79 bits per heavy atom. The number of carbonyl (C=O) groups is 1. The average Bonchev–Trinajstić information content (AvgIpc) is 2.79. The Morgan fingerprint density at radius 2 is 1.47 bits per heavy atom. The third-order valence-corrected chi connectivity index (χ3v) is 3.86. The Labute approximate surface area is 104 Å². The molecule has 0 aromatic carbocycles. The maximum atomic E-state index is 12.8. The van der Waals surface area contributed by atoms with Crippen LogP contribution in [-0.4, -0.2) is 41.8 Å². The van der Waals surface area contributed by atoms with Gasteiger partial charge in [-0.1, -0.05) is 0 Å². The molecule has 3 nitrogen and oxygen atoms in total. The van der Waals surface area contributed by atoms with Gasteiger partial charge in [0.05, 0.1) is 5.54 Å². The van der Waals surface area contributed by atoms with Crippen LogP contribution in [0.5, 0.6) is 0 Å². The predicted molar refractivity (Wildman–Crippen MR) is 51.9 cm³/mol. The van der Waals surface area contributed by atoms with Crippen LogP contribution >= 0.6 is 0 Å². The van der Waals surface area contributed by atoms with Crippen LogP contribution in [-0.2, 0) is 4.79 Å². The van der Waals surface area contributed by atoms with Crippen molar-refractivity contribution in [3.05, 3.63) is 0 Å². The Morgan fingerprint density at radius 1 is 1.00 bits per heavy atom. The van der Waals surface area contributed by atoms with E-state index in [9.17, 15) is 31.1 Å². The number of carbonyl (C=O) groups excluding carboxylic acids is 1. The largest absolute Gasteiger partial charge is 0.404 e. The van der Waals surface area contributed by atoms with Crippen molar-refractivity contribution in [2.45, 2.75) is 37.2 Å². The fraction of sp³-hybridized carbons (Fsp3) is 0.900. The van der Waals surface area contributed by atoms with E-state index in [0.717, 1.165) is 0 Å². The van der Waals surface area contributed by atoms with Gasteiger partial charge < -0.3 is 10.6 Å². The number of halogens is 6. The fourth-order valence-electron chi connectivity index (χ4n) is 2.27. The first kappa shape index (κ1) is 14.4. The lowest BCUT2D eigenvalue weighted by molar-refractivity contribution is -0.334. The van der Waals surface area contributed by atoms with Crippen molar-refractivity contribution in [1.82, 2.24) is 4.90 Å².